The zero-order valence-electron chi connectivity index (χ0n) is 10.9. The molecular formula is C14H20Cl3N. The summed E-state index contributed by atoms with van der Waals surface area (Å²) in [6, 6.07) is 4.07. The van der Waals surface area contributed by atoms with Gasteiger partial charge in [-0.25, -0.2) is 0 Å². The number of unbranched alkanes of at least 4 members (excludes halogenated alkanes) is 2. The summed E-state index contributed by atoms with van der Waals surface area (Å²) in [5, 5.41) is 5.35. The molecule has 0 saturated heterocycles. The first kappa shape index (κ1) is 16.1. The summed E-state index contributed by atoms with van der Waals surface area (Å²) < 4.78 is 0. The van der Waals surface area contributed by atoms with Crippen molar-refractivity contribution in [2.45, 2.75) is 45.6 Å². The second-order valence-corrected chi connectivity index (χ2v) is 6.02. The fourth-order valence-corrected chi connectivity index (χ4v) is 2.81. The van der Waals surface area contributed by atoms with Gasteiger partial charge in [-0.15, -0.1) is 0 Å². The van der Waals surface area contributed by atoms with Crippen molar-refractivity contribution in [1.29, 1.82) is 0 Å². The second kappa shape index (κ2) is 8.27. The Morgan fingerprint density at radius 3 is 2.17 bits per heavy atom. The largest absolute Gasteiger partial charge is 0.315 e. The second-order valence-electron chi connectivity index (χ2n) is 4.77. The van der Waals surface area contributed by atoms with Gasteiger partial charge in [-0.3, -0.25) is 0 Å². The van der Waals surface area contributed by atoms with Gasteiger partial charge in [0.15, 0.2) is 0 Å². The lowest BCUT2D eigenvalue weighted by Gasteiger charge is -2.09. The highest BCUT2D eigenvalue weighted by Gasteiger charge is 2.07. The third-order valence-electron chi connectivity index (χ3n) is 2.76. The Hall–Kier alpha value is 0.0500. The van der Waals surface area contributed by atoms with Crippen LogP contribution in [0, 0.1) is 0 Å². The molecule has 0 fully saturated rings. The number of benzene rings is 1. The first-order valence-corrected chi connectivity index (χ1v) is 7.51. The highest BCUT2D eigenvalue weighted by molar-refractivity contribution is 6.39. The fraction of sp³-hybridized carbons (Fsp3) is 0.571. The quantitative estimate of drug-likeness (QED) is 0.669. The highest BCUT2D eigenvalue weighted by Crippen LogP contribution is 2.30. The topological polar surface area (TPSA) is 12.0 Å². The SMILES string of the molecule is CC(C)NCCCCCc1c(Cl)cc(Cl)cc1Cl. The van der Waals surface area contributed by atoms with Crippen molar-refractivity contribution in [2.24, 2.45) is 0 Å². The molecular weight excluding hydrogens is 289 g/mol. The van der Waals surface area contributed by atoms with Crippen LogP contribution in [0.4, 0.5) is 0 Å². The van der Waals surface area contributed by atoms with E-state index in [0.29, 0.717) is 21.1 Å². The minimum atomic E-state index is 0.560. The molecule has 1 aromatic rings. The molecule has 0 aliphatic carbocycles. The van der Waals surface area contributed by atoms with Crippen molar-refractivity contribution in [1.82, 2.24) is 5.32 Å². The van der Waals surface area contributed by atoms with Gasteiger partial charge in [0.1, 0.15) is 0 Å². The van der Waals surface area contributed by atoms with Crippen LogP contribution < -0.4 is 5.32 Å². The van der Waals surface area contributed by atoms with Crippen molar-refractivity contribution >= 4 is 34.8 Å². The van der Waals surface area contributed by atoms with Gasteiger partial charge in [0.25, 0.3) is 0 Å². The summed E-state index contributed by atoms with van der Waals surface area (Å²) >= 11 is 18.1. The maximum absolute atomic E-state index is 6.14. The Morgan fingerprint density at radius 2 is 1.61 bits per heavy atom. The van der Waals surface area contributed by atoms with E-state index in [-0.39, 0.29) is 0 Å². The molecule has 0 heterocycles. The molecule has 4 heteroatoms. The standard InChI is InChI=1S/C14H20Cl3N/c1-10(2)18-7-5-3-4-6-12-13(16)8-11(15)9-14(12)17/h8-10,18H,3-7H2,1-2H3. The predicted octanol–water partition coefficient (Wildman–Crippen LogP) is 5.36. The van der Waals surface area contributed by atoms with E-state index in [1.165, 1.54) is 12.8 Å². The van der Waals surface area contributed by atoms with Gasteiger partial charge in [-0.05, 0) is 43.5 Å². The molecule has 0 bridgehead atoms. The van der Waals surface area contributed by atoms with Crippen molar-refractivity contribution in [3.05, 3.63) is 32.8 Å². The van der Waals surface area contributed by atoms with Crippen molar-refractivity contribution in [2.75, 3.05) is 6.54 Å². The lowest BCUT2D eigenvalue weighted by Crippen LogP contribution is -2.23. The Labute approximate surface area is 125 Å². The Morgan fingerprint density at radius 1 is 1.00 bits per heavy atom. The molecule has 0 amide bonds. The lowest BCUT2D eigenvalue weighted by atomic mass is 10.1. The van der Waals surface area contributed by atoms with E-state index in [0.717, 1.165) is 24.9 Å². The number of halogens is 3. The van der Waals surface area contributed by atoms with E-state index in [1.54, 1.807) is 12.1 Å². The molecule has 0 spiro atoms. The van der Waals surface area contributed by atoms with Gasteiger partial charge in [-0.2, -0.15) is 0 Å². The maximum atomic E-state index is 6.14. The van der Waals surface area contributed by atoms with Crippen LogP contribution in [0.25, 0.3) is 0 Å². The normalized spacial score (nSPS) is 11.2. The van der Waals surface area contributed by atoms with Crippen LogP contribution in [0.5, 0.6) is 0 Å². The van der Waals surface area contributed by atoms with Crippen LogP contribution in [0.1, 0.15) is 38.7 Å². The third kappa shape index (κ3) is 5.79. The summed E-state index contributed by atoms with van der Waals surface area (Å²) in [5.41, 5.74) is 1.01. The monoisotopic (exact) mass is 307 g/mol. The van der Waals surface area contributed by atoms with E-state index >= 15 is 0 Å². The average molecular weight is 309 g/mol. The number of hydrogen-bond donors (Lipinski definition) is 1. The van der Waals surface area contributed by atoms with E-state index in [9.17, 15) is 0 Å². The summed E-state index contributed by atoms with van der Waals surface area (Å²) in [6.45, 7) is 5.39. The number of nitrogens with one attached hydrogen (secondary N) is 1. The Balaban J connectivity index is 2.31. The summed E-state index contributed by atoms with van der Waals surface area (Å²) in [5.74, 6) is 0. The Bertz CT molecular complexity index is 354. The zero-order chi connectivity index (χ0) is 13.5. The van der Waals surface area contributed by atoms with Gasteiger partial charge >= 0.3 is 0 Å². The molecule has 0 saturated carbocycles. The lowest BCUT2D eigenvalue weighted by molar-refractivity contribution is 0.548. The van der Waals surface area contributed by atoms with Crippen LogP contribution in [-0.4, -0.2) is 12.6 Å². The number of rotatable bonds is 7. The van der Waals surface area contributed by atoms with E-state index in [4.69, 9.17) is 34.8 Å². The zero-order valence-corrected chi connectivity index (χ0v) is 13.2. The first-order valence-electron chi connectivity index (χ1n) is 6.37. The summed E-state index contributed by atoms with van der Waals surface area (Å²) in [7, 11) is 0. The average Bonchev–Trinajstić information content (AvgIpc) is 2.25. The van der Waals surface area contributed by atoms with Crippen LogP contribution >= 0.6 is 34.8 Å². The van der Waals surface area contributed by atoms with Gasteiger partial charge < -0.3 is 5.32 Å². The van der Waals surface area contributed by atoms with Crippen molar-refractivity contribution in [3.63, 3.8) is 0 Å². The molecule has 0 atom stereocenters. The summed E-state index contributed by atoms with van der Waals surface area (Å²) in [6.07, 6.45) is 4.37. The highest BCUT2D eigenvalue weighted by atomic mass is 35.5. The molecule has 18 heavy (non-hydrogen) atoms. The minimum Gasteiger partial charge on any atom is -0.315 e. The molecule has 0 aliphatic rings. The van der Waals surface area contributed by atoms with E-state index in [1.807, 2.05) is 0 Å². The molecule has 0 radical (unpaired) electrons. The summed E-state index contributed by atoms with van der Waals surface area (Å²) in [4.78, 5) is 0. The van der Waals surface area contributed by atoms with E-state index in [2.05, 4.69) is 19.2 Å². The van der Waals surface area contributed by atoms with Crippen molar-refractivity contribution < 1.29 is 0 Å². The van der Waals surface area contributed by atoms with Gasteiger partial charge in [0.05, 0.1) is 0 Å². The smallest absolute Gasteiger partial charge is 0.0467 e. The third-order valence-corrected chi connectivity index (χ3v) is 3.65. The van der Waals surface area contributed by atoms with E-state index < -0.39 is 0 Å². The van der Waals surface area contributed by atoms with Gasteiger partial charge in [0, 0.05) is 21.1 Å². The molecule has 0 aliphatic heterocycles. The first-order chi connectivity index (χ1) is 8.50. The molecule has 0 aromatic heterocycles. The molecule has 1 aromatic carbocycles. The fourth-order valence-electron chi connectivity index (χ4n) is 1.81. The maximum Gasteiger partial charge on any atom is 0.0467 e. The molecule has 0 unspecified atom stereocenters. The molecule has 1 N–H and O–H groups in total. The van der Waals surface area contributed by atoms with Crippen LogP contribution in [0.15, 0.2) is 12.1 Å². The van der Waals surface area contributed by atoms with Crippen LogP contribution in [-0.2, 0) is 6.42 Å². The molecule has 102 valence electrons. The van der Waals surface area contributed by atoms with Crippen LogP contribution in [0.2, 0.25) is 15.1 Å². The molecule has 1 nitrogen and oxygen atoms in total. The van der Waals surface area contributed by atoms with Gasteiger partial charge in [0.2, 0.25) is 0 Å². The van der Waals surface area contributed by atoms with Gasteiger partial charge in [-0.1, -0.05) is 55.1 Å². The minimum absolute atomic E-state index is 0.560. The predicted molar refractivity (Wildman–Crippen MR) is 82.2 cm³/mol. The Kier molecular flexibility index (Phi) is 7.40. The van der Waals surface area contributed by atoms with Crippen LogP contribution in [0.3, 0.4) is 0 Å². The number of hydrogen-bond acceptors (Lipinski definition) is 1. The van der Waals surface area contributed by atoms with Crippen molar-refractivity contribution in [3.8, 4) is 0 Å². The molecule has 1 rings (SSSR count).